The van der Waals surface area contributed by atoms with Gasteiger partial charge in [0.1, 0.15) is 12.1 Å². The lowest BCUT2D eigenvalue weighted by Gasteiger charge is -2.54. The Bertz CT molecular complexity index is 722. The molecule has 3 heterocycles. The van der Waals surface area contributed by atoms with E-state index in [-0.39, 0.29) is 0 Å². The van der Waals surface area contributed by atoms with Crippen LogP contribution in [-0.4, -0.2) is 53.1 Å². The van der Waals surface area contributed by atoms with Gasteiger partial charge in [0.15, 0.2) is 0 Å². The second kappa shape index (κ2) is 7.19. The largest absolute Gasteiger partial charge is 0.481 e. The molecule has 0 aromatic carbocycles. The summed E-state index contributed by atoms with van der Waals surface area (Å²) in [6.07, 6.45) is 8.56. The summed E-state index contributed by atoms with van der Waals surface area (Å²) < 4.78 is 5.22. The molecule has 1 saturated heterocycles. The Morgan fingerprint density at radius 1 is 1.19 bits per heavy atom. The molecule has 0 amide bonds. The van der Waals surface area contributed by atoms with Crippen molar-refractivity contribution in [3.8, 4) is 5.88 Å². The fraction of sp³-hybridized carbons (Fsp3) is 0.550. The third kappa shape index (κ3) is 3.51. The molecule has 2 fully saturated rings. The van der Waals surface area contributed by atoms with Crippen LogP contribution in [0.15, 0.2) is 36.8 Å². The van der Waals surface area contributed by atoms with Crippen molar-refractivity contribution in [2.75, 3.05) is 32.1 Å². The van der Waals surface area contributed by atoms with E-state index < -0.39 is 0 Å². The molecule has 0 radical (unpaired) electrons. The second-order valence-electron chi connectivity index (χ2n) is 7.70. The molecule has 0 bridgehead atoms. The number of ether oxygens (including phenoxy) is 1. The van der Waals surface area contributed by atoms with Crippen LogP contribution >= 0.6 is 0 Å². The van der Waals surface area contributed by atoms with E-state index in [4.69, 9.17) is 4.74 Å². The lowest BCUT2D eigenvalue weighted by molar-refractivity contribution is -0.00918. The number of hydrogen-bond donors (Lipinski definition) is 0. The van der Waals surface area contributed by atoms with E-state index in [1.165, 1.54) is 25.7 Å². The average molecular weight is 353 g/mol. The fourth-order valence-electron chi connectivity index (χ4n) is 4.36. The quantitative estimate of drug-likeness (QED) is 0.824. The van der Waals surface area contributed by atoms with Crippen molar-refractivity contribution >= 4 is 5.82 Å². The zero-order valence-electron chi connectivity index (χ0n) is 15.6. The fourth-order valence-corrected chi connectivity index (χ4v) is 4.36. The zero-order chi connectivity index (χ0) is 18.0. The van der Waals surface area contributed by atoms with E-state index in [0.29, 0.717) is 17.3 Å². The van der Waals surface area contributed by atoms with E-state index in [0.717, 1.165) is 31.1 Å². The third-order valence-electron chi connectivity index (χ3n) is 6.08. The molecule has 2 aliphatic rings. The highest BCUT2D eigenvalue weighted by Gasteiger charge is 2.47. The lowest BCUT2D eigenvalue weighted by Crippen LogP contribution is -2.54. The molecule has 0 N–H and O–H groups in total. The van der Waals surface area contributed by atoms with Gasteiger partial charge in [-0.1, -0.05) is 6.07 Å². The maximum atomic E-state index is 5.22. The minimum atomic E-state index is 0.524. The molecule has 138 valence electrons. The van der Waals surface area contributed by atoms with Crippen molar-refractivity contribution in [3.63, 3.8) is 0 Å². The number of anilines is 1. The van der Waals surface area contributed by atoms with Gasteiger partial charge in [0.25, 0.3) is 0 Å². The molecule has 4 rings (SSSR count). The smallest absolute Gasteiger partial charge is 0.218 e. The molecular formula is C20H27N5O. The van der Waals surface area contributed by atoms with Crippen molar-refractivity contribution in [2.45, 2.75) is 38.3 Å². The lowest BCUT2D eigenvalue weighted by atomic mass is 9.60. The summed E-state index contributed by atoms with van der Waals surface area (Å²) in [6.45, 7) is 3.07. The first kappa shape index (κ1) is 17.2. The van der Waals surface area contributed by atoms with E-state index in [2.05, 4.69) is 43.9 Å². The van der Waals surface area contributed by atoms with Crippen LogP contribution in [0, 0.1) is 5.41 Å². The number of methoxy groups -OCH3 is 1. The molecule has 0 unspecified atom stereocenters. The molecule has 6 heteroatoms. The average Bonchev–Trinajstić information content (AvgIpc) is 2.67. The maximum Gasteiger partial charge on any atom is 0.218 e. The number of aromatic nitrogens is 3. The van der Waals surface area contributed by atoms with Gasteiger partial charge in [-0.05, 0) is 50.3 Å². The Morgan fingerprint density at radius 3 is 2.69 bits per heavy atom. The predicted molar refractivity (Wildman–Crippen MR) is 101 cm³/mol. The van der Waals surface area contributed by atoms with Gasteiger partial charge < -0.3 is 9.64 Å². The van der Waals surface area contributed by atoms with E-state index >= 15 is 0 Å². The molecule has 1 saturated carbocycles. The molecule has 26 heavy (non-hydrogen) atoms. The molecule has 0 atom stereocenters. The van der Waals surface area contributed by atoms with Crippen molar-refractivity contribution in [3.05, 3.63) is 42.5 Å². The minimum Gasteiger partial charge on any atom is -0.481 e. The Labute approximate surface area is 155 Å². The number of piperidine rings is 1. The third-order valence-corrected chi connectivity index (χ3v) is 6.08. The zero-order valence-corrected chi connectivity index (χ0v) is 15.6. The number of hydrogen-bond acceptors (Lipinski definition) is 6. The second-order valence-corrected chi connectivity index (χ2v) is 7.70. The number of pyridine rings is 1. The first-order valence-corrected chi connectivity index (χ1v) is 9.39. The van der Waals surface area contributed by atoms with Crippen molar-refractivity contribution in [1.82, 2.24) is 19.9 Å². The molecule has 2 aromatic heterocycles. The Hall–Kier alpha value is -2.21. The Kier molecular flexibility index (Phi) is 4.76. The van der Waals surface area contributed by atoms with E-state index in [1.54, 1.807) is 13.4 Å². The number of nitrogens with zero attached hydrogens (tertiary/aromatic N) is 5. The topological polar surface area (TPSA) is 54.4 Å². The van der Waals surface area contributed by atoms with Gasteiger partial charge in [-0.3, -0.25) is 9.88 Å². The highest BCUT2D eigenvalue weighted by atomic mass is 16.5. The van der Waals surface area contributed by atoms with Gasteiger partial charge in [0.05, 0.1) is 12.8 Å². The Balaban J connectivity index is 1.29. The molecule has 6 nitrogen and oxygen atoms in total. The van der Waals surface area contributed by atoms with Crippen LogP contribution < -0.4 is 9.64 Å². The van der Waals surface area contributed by atoms with Crippen LogP contribution in [0.5, 0.6) is 5.88 Å². The molecular weight excluding hydrogens is 326 g/mol. The van der Waals surface area contributed by atoms with Crippen LogP contribution in [0.3, 0.4) is 0 Å². The maximum absolute atomic E-state index is 5.22. The SMILES string of the molecule is COc1cc(N2CCC3(CC2)CC(N(C)Cc2ccccn2)C3)ncn1. The first-order chi connectivity index (χ1) is 12.7. The summed E-state index contributed by atoms with van der Waals surface area (Å²) in [6, 6.07) is 8.77. The van der Waals surface area contributed by atoms with Crippen LogP contribution in [-0.2, 0) is 6.54 Å². The highest BCUT2D eigenvalue weighted by Crippen LogP contribution is 2.51. The van der Waals surface area contributed by atoms with Gasteiger partial charge in [0.2, 0.25) is 5.88 Å². The van der Waals surface area contributed by atoms with Crippen LogP contribution in [0.4, 0.5) is 5.82 Å². The summed E-state index contributed by atoms with van der Waals surface area (Å²) >= 11 is 0. The van der Waals surface area contributed by atoms with Crippen molar-refractivity contribution in [2.24, 2.45) is 5.41 Å². The van der Waals surface area contributed by atoms with Gasteiger partial charge in [-0.25, -0.2) is 9.97 Å². The summed E-state index contributed by atoms with van der Waals surface area (Å²) in [5, 5.41) is 0. The van der Waals surface area contributed by atoms with Crippen LogP contribution in [0.25, 0.3) is 0 Å². The van der Waals surface area contributed by atoms with Gasteiger partial charge in [0, 0.05) is 37.9 Å². The monoisotopic (exact) mass is 353 g/mol. The van der Waals surface area contributed by atoms with Crippen LogP contribution in [0.2, 0.25) is 0 Å². The summed E-state index contributed by atoms with van der Waals surface area (Å²) in [4.78, 5) is 17.8. The van der Waals surface area contributed by atoms with E-state index in [9.17, 15) is 0 Å². The van der Waals surface area contributed by atoms with Gasteiger partial charge >= 0.3 is 0 Å². The van der Waals surface area contributed by atoms with E-state index in [1.807, 2.05) is 18.3 Å². The first-order valence-electron chi connectivity index (χ1n) is 9.39. The molecule has 1 aliphatic heterocycles. The van der Waals surface area contributed by atoms with Gasteiger partial charge in [-0.15, -0.1) is 0 Å². The van der Waals surface area contributed by atoms with Gasteiger partial charge in [-0.2, -0.15) is 0 Å². The normalized spacial score (nSPS) is 19.6. The van der Waals surface area contributed by atoms with Crippen molar-refractivity contribution < 1.29 is 4.74 Å². The Morgan fingerprint density at radius 2 is 2.00 bits per heavy atom. The number of rotatable bonds is 5. The molecule has 1 aliphatic carbocycles. The molecule has 2 aromatic rings. The summed E-state index contributed by atoms with van der Waals surface area (Å²) in [5.74, 6) is 1.62. The predicted octanol–water partition coefficient (Wildman–Crippen LogP) is 2.76. The summed E-state index contributed by atoms with van der Waals surface area (Å²) in [5.41, 5.74) is 1.68. The van der Waals surface area contributed by atoms with Crippen LogP contribution in [0.1, 0.15) is 31.4 Å². The standard InChI is InChI=1S/C20H27N5O/c1-24(14-16-5-3-4-8-21-16)17-12-20(13-17)6-9-25(10-7-20)18-11-19(26-2)23-15-22-18/h3-5,8,11,15,17H,6-7,9-10,12-14H2,1-2H3. The minimum absolute atomic E-state index is 0.524. The highest BCUT2D eigenvalue weighted by molar-refractivity contribution is 5.41. The molecule has 1 spiro atoms. The summed E-state index contributed by atoms with van der Waals surface area (Å²) in [7, 11) is 3.88. The van der Waals surface area contributed by atoms with Crippen molar-refractivity contribution in [1.29, 1.82) is 0 Å².